The molecule has 1 rings (SSSR count). The van der Waals surface area contributed by atoms with Crippen LogP contribution in [0.1, 0.15) is 24.9 Å². The van der Waals surface area contributed by atoms with Crippen LogP contribution in [0.25, 0.3) is 0 Å². The first-order chi connectivity index (χ1) is 7.65. The van der Waals surface area contributed by atoms with Crippen LogP contribution in [0.3, 0.4) is 0 Å². The van der Waals surface area contributed by atoms with Gasteiger partial charge in [0.25, 0.3) is 0 Å². The maximum Gasteiger partial charge on any atom is 0.0659 e. The van der Waals surface area contributed by atoms with Gasteiger partial charge in [-0.05, 0) is 24.1 Å². The van der Waals surface area contributed by atoms with E-state index in [0.29, 0.717) is 6.61 Å². The Morgan fingerprint density at radius 2 is 2.12 bits per heavy atom. The molecule has 16 heavy (non-hydrogen) atoms. The van der Waals surface area contributed by atoms with E-state index in [-0.39, 0.29) is 6.04 Å². The lowest BCUT2D eigenvalue weighted by Gasteiger charge is -2.17. The average molecular weight is 222 g/mol. The monoisotopic (exact) mass is 222 g/mol. The summed E-state index contributed by atoms with van der Waals surface area (Å²) in [5.41, 5.74) is 8.36. The van der Waals surface area contributed by atoms with Crippen LogP contribution < -0.4 is 10.6 Å². The molecule has 90 valence electrons. The van der Waals surface area contributed by atoms with Crippen LogP contribution in [0, 0.1) is 0 Å². The molecule has 0 spiro atoms. The van der Waals surface area contributed by atoms with Gasteiger partial charge < -0.3 is 15.4 Å². The molecular weight excluding hydrogens is 200 g/mol. The van der Waals surface area contributed by atoms with E-state index in [4.69, 9.17) is 10.5 Å². The molecule has 0 aliphatic carbocycles. The van der Waals surface area contributed by atoms with Gasteiger partial charge in [0, 0.05) is 26.4 Å². The third-order valence-electron chi connectivity index (χ3n) is 2.46. The largest absolute Gasteiger partial charge is 0.379 e. The quantitative estimate of drug-likeness (QED) is 0.750. The molecule has 0 radical (unpaired) electrons. The Morgan fingerprint density at radius 3 is 2.75 bits per heavy atom. The van der Waals surface area contributed by atoms with Crippen molar-refractivity contribution in [3.63, 3.8) is 0 Å². The lowest BCUT2D eigenvalue weighted by Crippen LogP contribution is -2.18. The van der Waals surface area contributed by atoms with Crippen molar-refractivity contribution in [1.82, 2.24) is 0 Å². The van der Waals surface area contributed by atoms with Crippen molar-refractivity contribution in [2.75, 3.05) is 32.2 Å². The number of ether oxygens (including phenoxy) is 1. The first-order valence-electron chi connectivity index (χ1n) is 5.75. The van der Waals surface area contributed by atoms with Gasteiger partial charge in [0.2, 0.25) is 0 Å². The van der Waals surface area contributed by atoms with Crippen molar-refractivity contribution in [3.05, 3.63) is 29.8 Å². The van der Waals surface area contributed by atoms with Crippen LogP contribution in [0.5, 0.6) is 0 Å². The summed E-state index contributed by atoms with van der Waals surface area (Å²) in [4.78, 5) is 2.07. The zero-order chi connectivity index (χ0) is 12.0. The second-order valence-electron chi connectivity index (χ2n) is 4.17. The minimum Gasteiger partial charge on any atom is -0.379 e. The van der Waals surface area contributed by atoms with Crippen LogP contribution in [-0.4, -0.2) is 27.3 Å². The normalized spacial score (nSPS) is 12.5. The van der Waals surface area contributed by atoms with Gasteiger partial charge in [0.05, 0.1) is 12.6 Å². The maximum atomic E-state index is 6.06. The summed E-state index contributed by atoms with van der Waals surface area (Å²) < 4.78 is 5.46. The second-order valence-corrected chi connectivity index (χ2v) is 4.17. The van der Waals surface area contributed by atoms with Gasteiger partial charge in [-0.1, -0.05) is 19.1 Å². The predicted octanol–water partition coefficient (Wildman–Crippen LogP) is 2.18. The van der Waals surface area contributed by atoms with E-state index in [2.05, 4.69) is 24.0 Å². The lowest BCUT2D eigenvalue weighted by atomic mass is 10.1. The Hall–Kier alpha value is -1.06. The van der Waals surface area contributed by atoms with E-state index < -0.39 is 0 Å². The molecule has 0 amide bonds. The zero-order valence-electron chi connectivity index (χ0n) is 10.4. The first-order valence-corrected chi connectivity index (χ1v) is 5.75. The number of hydrogen-bond donors (Lipinski definition) is 1. The van der Waals surface area contributed by atoms with Crippen molar-refractivity contribution >= 4 is 5.69 Å². The molecule has 3 heteroatoms. The van der Waals surface area contributed by atoms with Gasteiger partial charge in [-0.15, -0.1) is 0 Å². The Kier molecular flexibility index (Phi) is 5.29. The molecule has 0 bridgehead atoms. The second kappa shape index (κ2) is 6.51. The minimum absolute atomic E-state index is 0.0357. The summed E-state index contributed by atoms with van der Waals surface area (Å²) in [5.74, 6) is 0. The molecule has 0 aliphatic rings. The fourth-order valence-electron chi connectivity index (χ4n) is 1.48. The van der Waals surface area contributed by atoms with Gasteiger partial charge >= 0.3 is 0 Å². The molecular formula is C13H22N2O. The molecule has 0 saturated heterocycles. The van der Waals surface area contributed by atoms with Gasteiger partial charge in [-0.2, -0.15) is 0 Å². The summed E-state index contributed by atoms with van der Waals surface area (Å²) in [5, 5.41) is 0. The van der Waals surface area contributed by atoms with E-state index >= 15 is 0 Å². The lowest BCUT2D eigenvalue weighted by molar-refractivity contribution is 0.121. The van der Waals surface area contributed by atoms with Gasteiger partial charge in [-0.25, -0.2) is 0 Å². The third kappa shape index (κ3) is 3.83. The van der Waals surface area contributed by atoms with Crippen LogP contribution in [0.2, 0.25) is 0 Å². The molecule has 1 unspecified atom stereocenters. The fourth-order valence-corrected chi connectivity index (χ4v) is 1.48. The van der Waals surface area contributed by atoms with E-state index in [1.54, 1.807) is 0 Å². The highest BCUT2D eigenvalue weighted by molar-refractivity contribution is 5.47. The molecule has 1 aromatic carbocycles. The summed E-state index contributed by atoms with van der Waals surface area (Å²) in [6.07, 6.45) is 1.03. The number of anilines is 1. The summed E-state index contributed by atoms with van der Waals surface area (Å²) in [6.45, 7) is 3.46. The zero-order valence-corrected chi connectivity index (χ0v) is 10.4. The Labute approximate surface area is 98.2 Å². The van der Waals surface area contributed by atoms with Crippen LogP contribution >= 0.6 is 0 Å². The molecule has 0 saturated carbocycles. The van der Waals surface area contributed by atoms with Gasteiger partial charge in [0.1, 0.15) is 0 Å². The molecule has 0 heterocycles. The van der Waals surface area contributed by atoms with Crippen molar-refractivity contribution in [1.29, 1.82) is 0 Å². The van der Waals surface area contributed by atoms with Crippen LogP contribution in [0.4, 0.5) is 5.69 Å². The molecule has 1 aromatic rings. The number of nitrogens with zero attached hydrogens (tertiary/aromatic N) is 1. The van der Waals surface area contributed by atoms with E-state index in [0.717, 1.165) is 18.6 Å². The van der Waals surface area contributed by atoms with Crippen molar-refractivity contribution < 1.29 is 4.74 Å². The van der Waals surface area contributed by atoms with Gasteiger partial charge in [0.15, 0.2) is 0 Å². The Bertz CT molecular complexity index is 313. The first kappa shape index (κ1) is 13.0. The standard InChI is InChI=1S/C13H22N2O/c1-4-8-16-10-13(14)11-6-5-7-12(9-11)15(2)3/h5-7,9,13H,4,8,10,14H2,1-3H3. The van der Waals surface area contributed by atoms with Crippen molar-refractivity contribution in [2.24, 2.45) is 5.73 Å². The van der Waals surface area contributed by atoms with E-state index in [1.165, 1.54) is 5.69 Å². The molecule has 0 fully saturated rings. The maximum absolute atomic E-state index is 6.06. The number of hydrogen-bond acceptors (Lipinski definition) is 3. The fraction of sp³-hybridized carbons (Fsp3) is 0.538. The molecule has 0 aliphatic heterocycles. The van der Waals surface area contributed by atoms with Crippen LogP contribution in [-0.2, 0) is 4.74 Å². The topological polar surface area (TPSA) is 38.5 Å². The molecule has 0 aromatic heterocycles. The summed E-state index contributed by atoms with van der Waals surface area (Å²) in [6, 6.07) is 8.23. The third-order valence-corrected chi connectivity index (χ3v) is 2.46. The highest BCUT2D eigenvalue weighted by Gasteiger charge is 2.07. The molecule has 2 N–H and O–H groups in total. The minimum atomic E-state index is -0.0357. The van der Waals surface area contributed by atoms with E-state index in [1.807, 2.05) is 26.2 Å². The molecule has 1 atom stereocenters. The SMILES string of the molecule is CCCOCC(N)c1cccc(N(C)C)c1. The smallest absolute Gasteiger partial charge is 0.0659 e. The van der Waals surface area contributed by atoms with Crippen molar-refractivity contribution in [3.8, 4) is 0 Å². The number of nitrogens with two attached hydrogens (primary N) is 1. The highest BCUT2D eigenvalue weighted by atomic mass is 16.5. The van der Waals surface area contributed by atoms with E-state index in [9.17, 15) is 0 Å². The Morgan fingerprint density at radius 1 is 1.38 bits per heavy atom. The summed E-state index contributed by atoms with van der Waals surface area (Å²) >= 11 is 0. The highest BCUT2D eigenvalue weighted by Crippen LogP contribution is 2.18. The Balaban J connectivity index is 2.60. The average Bonchev–Trinajstić information content (AvgIpc) is 2.29. The van der Waals surface area contributed by atoms with Crippen molar-refractivity contribution in [2.45, 2.75) is 19.4 Å². The summed E-state index contributed by atoms with van der Waals surface area (Å²) in [7, 11) is 4.05. The molecule has 3 nitrogen and oxygen atoms in total. The predicted molar refractivity (Wildman–Crippen MR) is 68.8 cm³/mol. The number of benzene rings is 1. The number of rotatable bonds is 6. The van der Waals surface area contributed by atoms with Crippen LogP contribution in [0.15, 0.2) is 24.3 Å². The van der Waals surface area contributed by atoms with Gasteiger partial charge in [-0.3, -0.25) is 0 Å².